The third-order valence-electron chi connectivity index (χ3n) is 1.36. The molecule has 1 unspecified atom stereocenters. The topological polar surface area (TPSA) is 54.0 Å². The van der Waals surface area contributed by atoms with Crippen LogP contribution in [-0.2, 0) is 21.6 Å². The normalized spacial score (nSPS) is 14.4. The van der Waals surface area contributed by atoms with Gasteiger partial charge in [-0.15, -0.1) is 0 Å². The molecule has 0 heterocycles. The van der Waals surface area contributed by atoms with Crippen molar-refractivity contribution in [2.75, 3.05) is 0 Å². The first-order chi connectivity index (χ1) is 6.70. The predicted molar refractivity (Wildman–Crippen MR) is 64.3 cm³/mol. The van der Waals surface area contributed by atoms with Gasteiger partial charge in [-0.3, -0.25) is 4.79 Å². The molecule has 0 N–H and O–H groups in total. The zero-order chi connectivity index (χ0) is 10.8. The molecule has 0 fully saturated rings. The van der Waals surface area contributed by atoms with Gasteiger partial charge in [-0.05, 0) is 6.04 Å². The highest BCUT2D eigenvalue weighted by Crippen LogP contribution is 2.00. The van der Waals surface area contributed by atoms with Gasteiger partial charge in [0.1, 0.15) is 10.5 Å². The molecule has 0 bridgehead atoms. The molecule has 14 heavy (non-hydrogen) atoms. The molecule has 0 radical (unpaired) electrons. The van der Waals surface area contributed by atoms with E-state index in [1.54, 1.807) is 0 Å². The van der Waals surface area contributed by atoms with Gasteiger partial charge in [0.15, 0.2) is 0 Å². The largest absolute Gasteiger partial charge is 0.497 e. The molecule has 0 rings (SSSR count). The van der Waals surface area contributed by atoms with Crippen molar-refractivity contribution in [2.24, 2.45) is 0 Å². The lowest BCUT2D eigenvalue weighted by atomic mass is 10.6. The number of hydrogen-bond acceptors (Lipinski definition) is 5. The molecule has 0 spiro atoms. The molecule has 0 aliphatic heterocycles. The minimum absolute atomic E-state index is 0.250. The predicted octanol–water partition coefficient (Wildman–Crippen LogP) is -2.49. The van der Waals surface area contributed by atoms with Crippen LogP contribution >= 0.6 is 0 Å². The van der Waals surface area contributed by atoms with E-state index in [4.69, 9.17) is 16.8 Å². The molecule has 0 aliphatic rings. The second kappa shape index (κ2) is 9.76. The lowest BCUT2D eigenvalue weighted by Gasteiger charge is -2.14. The summed E-state index contributed by atoms with van der Waals surface area (Å²) in [5, 5.41) is 0. The lowest BCUT2D eigenvalue weighted by molar-refractivity contribution is -0.133. The maximum atomic E-state index is 10.7. The fourth-order valence-corrected chi connectivity index (χ4v) is 7.03. The Morgan fingerprint density at radius 3 is 2.71 bits per heavy atom. The molecular formula is C5H18O5Si4. The highest BCUT2D eigenvalue weighted by Gasteiger charge is 2.14. The summed E-state index contributed by atoms with van der Waals surface area (Å²) < 4.78 is 20.8. The van der Waals surface area contributed by atoms with Crippen molar-refractivity contribution in [3.05, 3.63) is 0 Å². The van der Waals surface area contributed by atoms with E-state index in [0.29, 0.717) is 0 Å². The molecule has 0 aromatic carbocycles. The van der Waals surface area contributed by atoms with E-state index in [9.17, 15) is 4.79 Å². The van der Waals surface area contributed by atoms with Crippen molar-refractivity contribution in [2.45, 2.75) is 26.3 Å². The average Bonchev–Trinajstić information content (AvgIpc) is 2.12. The van der Waals surface area contributed by atoms with E-state index in [1.807, 2.05) is 6.92 Å². The Morgan fingerprint density at radius 2 is 2.21 bits per heavy atom. The molecule has 1 atom stereocenters. The SMILES string of the molecule is CCC[SiH](O[SiH2]O[SiH2]O[SiH3])OC(C)=O. The molecule has 0 saturated carbocycles. The van der Waals surface area contributed by atoms with Crippen LogP contribution in [0.2, 0.25) is 6.04 Å². The van der Waals surface area contributed by atoms with Crippen molar-refractivity contribution in [1.29, 1.82) is 0 Å². The number of carbonyl (C=O) groups excluding carboxylic acids is 1. The summed E-state index contributed by atoms with van der Waals surface area (Å²) in [5.41, 5.74) is 0. The molecule has 0 amide bonds. The summed E-state index contributed by atoms with van der Waals surface area (Å²) in [5.74, 6) is -0.250. The van der Waals surface area contributed by atoms with Crippen LogP contribution < -0.4 is 0 Å². The summed E-state index contributed by atoms with van der Waals surface area (Å²) in [6.45, 7) is 3.46. The van der Waals surface area contributed by atoms with Crippen LogP contribution in [0.15, 0.2) is 0 Å². The molecule has 9 heteroatoms. The maximum absolute atomic E-state index is 10.7. The second-order valence-electron chi connectivity index (χ2n) is 2.72. The van der Waals surface area contributed by atoms with Gasteiger partial charge in [0.05, 0.1) is 0 Å². The quantitative estimate of drug-likeness (QED) is 0.361. The molecule has 0 aromatic heterocycles. The van der Waals surface area contributed by atoms with Gasteiger partial charge in [0.25, 0.3) is 26.0 Å². The molecule has 5 nitrogen and oxygen atoms in total. The Kier molecular flexibility index (Phi) is 9.91. The van der Waals surface area contributed by atoms with Crippen LogP contribution in [0.1, 0.15) is 20.3 Å². The van der Waals surface area contributed by atoms with Crippen molar-refractivity contribution in [3.63, 3.8) is 0 Å². The summed E-state index contributed by atoms with van der Waals surface area (Å²) in [4.78, 5) is 10.7. The number of carbonyl (C=O) groups is 1. The molecule has 84 valence electrons. The van der Waals surface area contributed by atoms with E-state index in [-0.39, 0.29) is 5.97 Å². The van der Waals surface area contributed by atoms with E-state index in [0.717, 1.165) is 23.0 Å². The Hall–Kier alpha value is 0.218. The van der Waals surface area contributed by atoms with Crippen LogP contribution in [0.5, 0.6) is 0 Å². The highest BCUT2D eigenvalue weighted by atomic mass is 28.4. The van der Waals surface area contributed by atoms with Gasteiger partial charge in [-0.1, -0.05) is 13.3 Å². The van der Waals surface area contributed by atoms with Gasteiger partial charge < -0.3 is 16.8 Å². The van der Waals surface area contributed by atoms with Gasteiger partial charge >= 0.3 is 9.28 Å². The van der Waals surface area contributed by atoms with Gasteiger partial charge in [0.2, 0.25) is 0 Å². The van der Waals surface area contributed by atoms with Gasteiger partial charge in [-0.2, -0.15) is 0 Å². The minimum Gasteiger partial charge on any atom is -0.497 e. The number of rotatable bonds is 8. The minimum atomic E-state index is -1.77. The summed E-state index contributed by atoms with van der Waals surface area (Å²) >= 11 is 0. The monoisotopic (exact) mass is 270 g/mol. The Balaban J connectivity index is 3.56. The van der Waals surface area contributed by atoms with Crippen LogP contribution in [0.25, 0.3) is 0 Å². The summed E-state index contributed by atoms with van der Waals surface area (Å²) in [7, 11) is -2.79. The Morgan fingerprint density at radius 1 is 1.50 bits per heavy atom. The van der Waals surface area contributed by atoms with E-state index in [2.05, 4.69) is 0 Å². The van der Waals surface area contributed by atoms with Crippen LogP contribution in [0.4, 0.5) is 0 Å². The van der Waals surface area contributed by atoms with E-state index >= 15 is 0 Å². The van der Waals surface area contributed by atoms with Crippen LogP contribution in [0, 0.1) is 0 Å². The first-order valence-corrected chi connectivity index (χ1v) is 9.44. The highest BCUT2D eigenvalue weighted by molar-refractivity contribution is 6.54. The Bertz CT molecular complexity index is 157. The number of hydrogen-bond donors (Lipinski definition) is 0. The van der Waals surface area contributed by atoms with Crippen molar-refractivity contribution >= 4 is 45.8 Å². The average molecular weight is 271 g/mol. The van der Waals surface area contributed by atoms with Crippen LogP contribution in [-0.4, -0.2) is 45.8 Å². The smallest absolute Gasteiger partial charge is 0.376 e. The van der Waals surface area contributed by atoms with E-state index < -0.39 is 29.3 Å². The Labute approximate surface area is 94.0 Å². The summed E-state index contributed by atoms with van der Waals surface area (Å²) in [6.07, 6.45) is 0.979. The maximum Gasteiger partial charge on any atom is 0.376 e. The summed E-state index contributed by atoms with van der Waals surface area (Å²) in [6, 6.07) is 0.860. The van der Waals surface area contributed by atoms with E-state index in [1.165, 1.54) is 6.92 Å². The molecule has 0 aliphatic carbocycles. The zero-order valence-corrected chi connectivity index (χ0v) is 14.9. The second-order valence-corrected chi connectivity index (χ2v) is 10.1. The van der Waals surface area contributed by atoms with Crippen LogP contribution in [0.3, 0.4) is 0 Å². The fourth-order valence-electron chi connectivity index (χ4n) is 0.838. The van der Waals surface area contributed by atoms with Crippen molar-refractivity contribution in [1.82, 2.24) is 0 Å². The van der Waals surface area contributed by atoms with Gasteiger partial charge in [-0.25, -0.2) is 0 Å². The third kappa shape index (κ3) is 8.80. The lowest BCUT2D eigenvalue weighted by Crippen LogP contribution is -2.28. The first-order valence-electron chi connectivity index (χ1n) is 4.56. The van der Waals surface area contributed by atoms with Gasteiger partial charge in [0, 0.05) is 6.92 Å². The molecule has 0 saturated heterocycles. The van der Waals surface area contributed by atoms with Crippen molar-refractivity contribution in [3.8, 4) is 0 Å². The molecular weight excluding hydrogens is 252 g/mol. The third-order valence-corrected chi connectivity index (χ3v) is 7.31. The first kappa shape index (κ1) is 14.2. The molecule has 0 aromatic rings. The van der Waals surface area contributed by atoms with Crippen molar-refractivity contribution < 1.29 is 21.6 Å². The standard InChI is InChI=1S/C5H18O5Si4/c1-3-4-14(7-5(2)6)10-13-9-12-8-11/h14H,3-4,12-13H2,1-2,11H3. The zero-order valence-electron chi connectivity index (χ0n) is 8.95. The fraction of sp³-hybridized carbons (Fsp3) is 0.800.